The van der Waals surface area contributed by atoms with E-state index in [0.717, 1.165) is 17.7 Å². The zero-order valence-corrected chi connectivity index (χ0v) is 17.2. The molecule has 0 aromatic carbocycles. The highest BCUT2D eigenvalue weighted by molar-refractivity contribution is 5.92. The van der Waals surface area contributed by atoms with Gasteiger partial charge in [-0.1, -0.05) is 19.9 Å². The second-order valence-electron chi connectivity index (χ2n) is 8.69. The Hall–Kier alpha value is -2.96. The highest BCUT2D eigenvalue weighted by Crippen LogP contribution is 2.38. The van der Waals surface area contributed by atoms with Crippen LogP contribution in [-0.4, -0.2) is 38.4 Å². The highest BCUT2D eigenvalue weighted by Gasteiger charge is 2.42. The highest BCUT2D eigenvalue weighted by atomic mass is 16.4. The van der Waals surface area contributed by atoms with E-state index in [1.54, 1.807) is 6.20 Å². The molecule has 0 bridgehead atoms. The van der Waals surface area contributed by atoms with Crippen molar-refractivity contribution in [3.63, 3.8) is 0 Å². The van der Waals surface area contributed by atoms with Gasteiger partial charge >= 0.3 is 5.97 Å². The van der Waals surface area contributed by atoms with Gasteiger partial charge in [0.05, 0.1) is 23.4 Å². The number of nitrogens with zero attached hydrogens (tertiary/aromatic N) is 2. The van der Waals surface area contributed by atoms with E-state index in [-0.39, 0.29) is 36.6 Å². The van der Waals surface area contributed by atoms with Crippen molar-refractivity contribution >= 4 is 17.7 Å². The molecule has 2 aromatic heterocycles. The van der Waals surface area contributed by atoms with Crippen LogP contribution in [-0.2, 0) is 27.3 Å². The van der Waals surface area contributed by atoms with Crippen LogP contribution in [0.25, 0.3) is 0 Å². The van der Waals surface area contributed by atoms with Crippen LogP contribution in [0.3, 0.4) is 0 Å². The first-order valence-electron chi connectivity index (χ1n) is 10.5. The van der Waals surface area contributed by atoms with Gasteiger partial charge in [-0.25, -0.2) is 0 Å². The molecule has 1 aliphatic carbocycles. The number of carbonyl (C=O) groups is 3. The summed E-state index contributed by atoms with van der Waals surface area (Å²) in [4.78, 5) is 42.4. The predicted molar refractivity (Wildman–Crippen MR) is 110 cm³/mol. The first kappa shape index (κ1) is 20.3. The summed E-state index contributed by atoms with van der Waals surface area (Å²) in [6.07, 6.45) is 4.95. The molecule has 0 radical (unpaired) electrons. The van der Waals surface area contributed by atoms with E-state index in [4.69, 9.17) is 0 Å². The standard InChI is InChI=1S/C23H27N3O4/c1-13(2)19(16-5-3-4-9-24-16)22(28)25-17-7-6-14-8-10-26-12-15(23(29)30)11-18(27)20(17)21(14)26/h3-5,8-10,13,15,17,19-20H,6-7,11-12H2,1-2H3,(H,25,28)(H,29,30)/t15-,17-,19+,20?/m0/s1. The summed E-state index contributed by atoms with van der Waals surface area (Å²) in [5.74, 6) is -2.81. The minimum absolute atomic E-state index is 0.0126. The number of amides is 1. The third kappa shape index (κ3) is 3.64. The van der Waals surface area contributed by atoms with Gasteiger partial charge in [-0.05, 0) is 42.5 Å². The summed E-state index contributed by atoms with van der Waals surface area (Å²) >= 11 is 0. The molecule has 158 valence electrons. The Morgan fingerprint density at radius 2 is 2.07 bits per heavy atom. The number of aryl methyl sites for hydroxylation is 1. The van der Waals surface area contributed by atoms with E-state index < -0.39 is 23.7 Å². The number of nitrogens with one attached hydrogen (secondary N) is 1. The molecule has 3 heterocycles. The predicted octanol–water partition coefficient (Wildman–Crippen LogP) is 2.51. The monoisotopic (exact) mass is 409 g/mol. The third-order valence-corrected chi connectivity index (χ3v) is 6.36. The van der Waals surface area contributed by atoms with Gasteiger partial charge in [-0.2, -0.15) is 0 Å². The van der Waals surface area contributed by atoms with Gasteiger partial charge in [0.15, 0.2) is 0 Å². The number of hydrogen-bond donors (Lipinski definition) is 2. The lowest BCUT2D eigenvalue weighted by molar-refractivity contribution is -0.144. The van der Waals surface area contributed by atoms with E-state index in [9.17, 15) is 19.5 Å². The maximum atomic E-state index is 13.3. The number of rotatable bonds is 5. The number of Topliss-reactive ketones (excluding diaryl/α,β-unsaturated/α-hetero) is 1. The lowest BCUT2D eigenvalue weighted by atomic mass is 9.79. The Bertz CT molecular complexity index is 966. The Morgan fingerprint density at radius 1 is 1.27 bits per heavy atom. The van der Waals surface area contributed by atoms with E-state index in [1.165, 1.54) is 0 Å². The van der Waals surface area contributed by atoms with Crippen LogP contribution < -0.4 is 5.32 Å². The van der Waals surface area contributed by atoms with Crippen molar-refractivity contribution in [2.45, 2.75) is 57.5 Å². The van der Waals surface area contributed by atoms with Gasteiger partial charge in [0, 0.05) is 37.1 Å². The Kier molecular flexibility index (Phi) is 5.45. The molecule has 2 aliphatic rings. The Morgan fingerprint density at radius 3 is 2.73 bits per heavy atom. The zero-order chi connectivity index (χ0) is 21.4. The largest absolute Gasteiger partial charge is 0.481 e. The SMILES string of the molecule is CC(C)[C@@H](C(=O)N[C@H]1CCc2ccn3c2C1C(=O)C[C@H](C(=O)O)C3)c1ccccn1. The molecule has 0 spiro atoms. The third-order valence-electron chi connectivity index (χ3n) is 6.36. The summed E-state index contributed by atoms with van der Waals surface area (Å²) in [6.45, 7) is 4.25. The van der Waals surface area contributed by atoms with Crippen molar-refractivity contribution in [1.82, 2.24) is 14.9 Å². The molecule has 1 aliphatic heterocycles. The lowest BCUT2D eigenvalue weighted by Gasteiger charge is -2.33. The van der Waals surface area contributed by atoms with E-state index in [1.807, 2.05) is 48.9 Å². The number of pyridine rings is 1. The lowest BCUT2D eigenvalue weighted by Crippen LogP contribution is -2.47. The number of carboxylic acids is 1. The van der Waals surface area contributed by atoms with Crippen LogP contribution in [0.2, 0.25) is 0 Å². The molecular weight excluding hydrogens is 382 g/mol. The van der Waals surface area contributed by atoms with Crippen LogP contribution in [0.5, 0.6) is 0 Å². The number of ketones is 1. The first-order chi connectivity index (χ1) is 14.4. The molecule has 0 fully saturated rings. The topological polar surface area (TPSA) is 101 Å². The average Bonchev–Trinajstić information content (AvgIpc) is 3.03. The van der Waals surface area contributed by atoms with Crippen LogP contribution >= 0.6 is 0 Å². The van der Waals surface area contributed by atoms with Crippen LogP contribution in [0.15, 0.2) is 36.7 Å². The molecule has 7 nitrogen and oxygen atoms in total. The van der Waals surface area contributed by atoms with Gasteiger partial charge in [-0.3, -0.25) is 19.4 Å². The smallest absolute Gasteiger partial charge is 0.308 e. The molecule has 2 aromatic rings. The molecule has 4 rings (SSSR count). The van der Waals surface area contributed by atoms with Gasteiger partial charge in [0.25, 0.3) is 0 Å². The van der Waals surface area contributed by atoms with Crippen molar-refractivity contribution < 1.29 is 19.5 Å². The molecule has 4 atom stereocenters. The summed E-state index contributed by atoms with van der Waals surface area (Å²) < 4.78 is 1.90. The number of aromatic nitrogens is 2. The van der Waals surface area contributed by atoms with E-state index in [2.05, 4.69) is 10.3 Å². The quantitative estimate of drug-likeness (QED) is 0.790. The molecule has 0 saturated heterocycles. The van der Waals surface area contributed by atoms with Gasteiger partial charge < -0.3 is 15.0 Å². The first-order valence-corrected chi connectivity index (χ1v) is 10.5. The summed E-state index contributed by atoms with van der Waals surface area (Å²) in [5.41, 5.74) is 2.66. The van der Waals surface area contributed by atoms with E-state index in [0.29, 0.717) is 12.1 Å². The van der Waals surface area contributed by atoms with Crippen molar-refractivity contribution in [3.05, 3.63) is 53.6 Å². The second-order valence-corrected chi connectivity index (χ2v) is 8.69. The fourth-order valence-corrected chi connectivity index (χ4v) is 4.93. The molecule has 30 heavy (non-hydrogen) atoms. The minimum atomic E-state index is -0.958. The molecular formula is C23H27N3O4. The average molecular weight is 409 g/mol. The number of carboxylic acid groups (broad SMARTS) is 1. The summed E-state index contributed by atoms with van der Waals surface area (Å²) in [6, 6.07) is 7.17. The van der Waals surface area contributed by atoms with Gasteiger partial charge in [0.2, 0.25) is 5.91 Å². The minimum Gasteiger partial charge on any atom is -0.481 e. The van der Waals surface area contributed by atoms with Crippen molar-refractivity contribution in [3.8, 4) is 0 Å². The molecule has 0 saturated carbocycles. The number of aliphatic carboxylic acids is 1. The zero-order valence-electron chi connectivity index (χ0n) is 17.2. The van der Waals surface area contributed by atoms with Crippen LogP contribution in [0.1, 0.15) is 55.5 Å². The molecule has 7 heteroatoms. The fraction of sp³-hybridized carbons (Fsp3) is 0.478. The van der Waals surface area contributed by atoms with Gasteiger partial charge in [0.1, 0.15) is 5.78 Å². The summed E-state index contributed by atoms with van der Waals surface area (Å²) in [7, 11) is 0. The maximum Gasteiger partial charge on any atom is 0.308 e. The van der Waals surface area contributed by atoms with Crippen LogP contribution in [0, 0.1) is 11.8 Å². The van der Waals surface area contributed by atoms with Gasteiger partial charge in [-0.15, -0.1) is 0 Å². The maximum absolute atomic E-state index is 13.3. The van der Waals surface area contributed by atoms with Crippen molar-refractivity contribution in [1.29, 1.82) is 0 Å². The van der Waals surface area contributed by atoms with E-state index >= 15 is 0 Å². The Balaban J connectivity index is 1.63. The molecule has 1 unspecified atom stereocenters. The number of carbonyl (C=O) groups excluding carboxylic acids is 2. The van der Waals surface area contributed by atoms with Crippen molar-refractivity contribution in [2.24, 2.45) is 11.8 Å². The number of hydrogen-bond acceptors (Lipinski definition) is 4. The van der Waals surface area contributed by atoms with Crippen LogP contribution in [0.4, 0.5) is 0 Å². The fourth-order valence-electron chi connectivity index (χ4n) is 4.93. The van der Waals surface area contributed by atoms with Crippen molar-refractivity contribution in [2.75, 3.05) is 0 Å². The molecule has 2 N–H and O–H groups in total. The second kappa shape index (κ2) is 8.05. The Labute approximate surface area is 175 Å². The molecule has 1 amide bonds. The normalized spacial score (nSPS) is 24.1. The summed E-state index contributed by atoms with van der Waals surface area (Å²) in [5, 5.41) is 12.7.